The van der Waals surface area contributed by atoms with Gasteiger partial charge >= 0.3 is 6.18 Å². The fourth-order valence-corrected chi connectivity index (χ4v) is 5.52. The summed E-state index contributed by atoms with van der Waals surface area (Å²) in [5.41, 5.74) is 11.9. The molecule has 3 heterocycles. The highest BCUT2D eigenvalue weighted by molar-refractivity contribution is 5.98. The van der Waals surface area contributed by atoms with E-state index < -0.39 is 17.6 Å². The van der Waals surface area contributed by atoms with Crippen LogP contribution in [0, 0.1) is 11.3 Å². The Morgan fingerprint density at radius 2 is 1.91 bits per heavy atom. The molecule has 1 aromatic heterocycles. The Hall–Kier alpha value is -2.63. The first-order valence-electron chi connectivity index (χ1n) is 11.5. The standard InChI is InChI=1S/C23H29F3N6O2/c24-23(25,26)15-1-3-16(4-2-15)29-21-18(20(28)33)9-32(30-21)19-6-5-17(7-14(19)8-27)31-10-22(11-31)12-34-13-22/h1-4,9,14,17,19H,5-8,10-13,27H2,(H2,28,33)(H,29,30)/t14-,17+,19+/m1/s1. The first-order chi connectivity index (χ1) is 16.2. The molecule has 3 atom stereocenters. The summed E-state index contributed by atoms with van der Waals surface area (Å²) in [6.45, 7) is 4.37. The number of carbonyl (C=O) groups excluding carboxylic acids is 1. The summed E-state index contributed by atoms with van der Waals surface area (Å²) in [7, 11) is 0. The Labute approximate surface area is 195 Å². The number of likely N-dealkylation sites (tertiary alicyclic amines) is 1. The van der Waals surface area contributed by atoms with Crippen LogP contribution in [0.1, 0.15) is 41.2 Å². The van der Waals surface area contributed by atoms with Crippen LogP contribution < -0.4 is 16.8 Å². The van der Waals surface area contributed by atoms with Crippen molar-refractivity contribution in [2.75, 3.05) is 38.2 Å². The van der Waals surface area contributed by atoms with Crippen molar-refractivity contribution in [3.05, 3.63) is 41.6 Å². The first-order valence-corrected chi connectivity index (χ1v) is 11.5. The number of halogens is 3. The maximum absolute atomic E-state index is 12.8. The molecule has 11 heteroatoms. The Balaban J connectivity index is 1.30. The molecule has 34 heavy (non-hydrogen) atoms. The average Bonchev–Trinajstić information content (AvgIpc) is 3.15. The summed E-state index contributed by atoms with van der Waals surface area (Å²) in [5, 5.41) is 7.51. The molecule has 1 spiro atoms. The van der Waals surface area contributed by atoms with Gasteiger partial charge in [-0.2, -0.15) is 18.3 Å². The lowest BCUT2D eigenvalue weighted by atomic mass is 9.73. The summed E-state index contributed by atoms with van der Waals surface area (Å²) in [6, 6.07) is 5.05. The topological polar surface area (TPSA) is 111 Å². The predicted molar refractivity (Wildman–Crippen MR) is 120 cm³/mol. The maximum atomic E-state index is 12.8. The third-order valence-electron chi connectivity index (χ3n) is 7.44. The smallest absolute Gasteiger partial charge is 0.380 e. The van der Waals surface area contributed by atoms with Crippen LogP contribution in [0.25, 0.3) is 0 Å². The second-order valence-electron chi connectivity index (χ2n) is 9.86. The Morgan fingerprint density at radius 1 is 1.21 bits per heavy atom. The molecule has 184 valence electrons. The largest absolute Gasteiger partial charge is 0.416 e. The van der Waals surface area contributed by atoms with E-state index in [1.165, 1.54) is 12.1 Å². The maximum Gasteiger partial charge on any atom is 0.416 e. The Kier molecular flexibility index (Phi) is 5.81. The van der Waals surface area contributed by atoms with Gasteiger partial charge in [0.1, 0.15) is 5.56 Å². The highest BCUT2D eigenvalue weighted by Crippen LogP contribution is 2.44. The van der Waals surface area contributed by atoms with E-state index >= 15 is 0 Å². The first kappa shape index (κ1) is 23.1. The van der Waals surface area contributed by atoms with Gasteiger partial charge in [-0.15, -0.1) is 0 Å². The van der Waals surface area contributed by atoms with Crippen molar-refractivity contribution in [3.63, 3.8) is 0 Å². The zero-order chi connectivity index (χ0) is 24.1. The molecule has 1 aliphatic carbocycles. The third-order valence-corrected chi connectivity index (χ3v) is 7.44. The van der Waals surface area contributed by atoms with E-state index in [0.29, 0.717) is 23.7 Å². The highest BCUT2D eigenvalue weighted by Gasteiger charge is 2.51. The molecule has 2 saturated heterocycles. The molecule has 1 saturated carbocycles. The summed E-state index contributed by atoms with van der Waals surface area (Å²) in [5.74, 6) is -0.250. The van der Waals surface area contributed by atoms with Crippen LogP contribution >= 0.6 is 0 Å². The number of hydrogen-bond donors (Lipinski definition) is 3. The van der Waals surface area contributed by atoms with Gasteiger partial charge in [0.05, 0.1) is 24.8 Å². The minimum absolute atomic E-state index is 0.0183. The minimum Gasteiger partial charge on any atom is -0.380 e. The van der Waals surface area contributed by atoms with Crippen LogP contribution in [0.5, 0.6) is 0 Å². The number of aromatic nitrogens is 2. The molecule has 1 aromatic carbocycles. The van der Waals surface area contributed by atoms with Gasteiger partial charge in [0.2, 0.25) is 0 Å². The van der Waals surface area contributed by atoms with Crippen LogP contribution in [-0.4, -0.2) is 59.5 Å². The lowest BCUT2D eigenvalue weighted by Gasteiger charge is -2.58. The normalized spacial score (nSPS) is 26.6. The van der Waals surface area contributed by atoms with Crippen LogP contribution in [-0.2, 0) is 10.9 Å². The van der Waals surface area contributed by atoms with Gasteiger partial charge < -0.3 is 21.5 Å². The lowest BCUT2D eigenvalue weighted by molar-refractivity contribution is -0.202. The van der Waals surface area contributed by atoms with Crippen molar-refractivity contribution in [2.24, 2.45) is 22.8 Å². The fraction of sp³-hybridized carbons (Fsp3) is 0.565. The number of alkyl halides is 3. The van der Waals surface area contributed by atoms with Crippen molar-refractivity contribution in [3.8, 4) is 0 Å². The molecule has 1 amide bonds. The molecule has 5 rings (SSSR count). The van der Waals surface area contributed by atoms with Crippen LogP contribution in [0.3, 0.4) is 0 Å². The molecule has 0 unspecified atom stereocenters. The number of primary amides is 1. The van der Waals surface area contributed by atoms with Crippen molar-refractivity contribution in [1.82, 2.24) is 14.7 Å². The van der Waals surface area contributed by atoms with Gasteiger partial charge in [0, 0.05) is 36.4 Å². The number of carbonyl (C=O) groups is 1. The van der Waals surface area contributed by atoms with E-state index in [4.69, 9.17) is 16.2 Å². The number of rotatable bonds is 6. The summed E-state index contributed by atoms with van der Waals surface area (Å²) in [4.78, 5) is 14.6. The molecule has 8 nitrogen and oxygen atoms in total. The number of nitrogens with zero attached hydrogens (tertiary/aromatic N) is 3. The van der Waals surface area contributed by atoms with E-state index in [1.54, 1.807) is 10.9 Å². The number of amides is 1. The third kappa shape index (κ3) is 4.27. The van der Waals surface area contributed by atoms with E-state index in [9.17, 15) is 18.0 Å². The Morgan fingerprint density at radius 3 is 2.47 bits per heavy atom. The molecule has 2 aliphatic heterocycles. The van der Waals surface area contributed by atoms with Gasteiger partial charge in [-0.25, -0.2) is 0 Å². The van der Waals surface area contributed by atoms with E-state index in [1.807, 2.05) is 0 Å². The summed E-state index contributed by atoms with van der Waals surface area (Å²) in [6.07, 6.45) is 0.0206. The number of nitrogens with one attached hydrogen (secondary N) is 1. The van der Waals surface area contributed by atoms with Gasteiger partial charge in [-0.1, -0.05) is 0 Å². The monoisotopic (exact) mass is 478 g/mol. The molecular formula is C23H29F3N6O2. The van der Waals surface area contributed by atoms with Gasteiger partial charge in [0.25, 0.3) is 5.91 Å². The quantitative estimate of drug-likeness (QED) is 0.589. The SMILES string of the molecule is NC[C@H]1C[C@@H](N2CC3(COC3)C2)CC[C@@H]1n1cc(C(N)=O)c(Nc2ccc(C(F)(F)F)cc2)n1. The van der Waals surface area contributed by atoms with E-state index in [2.05, 4.69) is 15.3 Å². The van der Waals surface area contributed by atoms with Crippen molar-refractivity contribution < 1.29 is 22.7 Å². The number of benzene rings is 1. The van der Waals surface area contributed by atoms with Crippen LogP contribution in [0.2, 0.25) is 0 Å². The van der Waals surface area contributed by atoms with Gasteiger partial charge in [-0.05, 0) is 56.0 Å². The zero-order valence-corrected chi connectivity index (χ0v) is 18.7. The van der Waals surface area contributed by atoms with E-state index in [0.717, 1.165) is 57.7 Å². The molecule has 5 N–H and O–H groups in total. The second kappa shape index (κ2) is 8.54. The summed E-state index contributed by atoms with van der Waals surface area (Å²) >= 11 is 0. The van der Waals surface area contributed by atoms with Crippen LogP contribution in [0.15, 0.2) is 30.5 Å². The fourth-order valence-electron chi connectivity index (χ4n) is 5.52. The molecular weight excluding hydrogens is 449 g/mol. The summed E-state index contributed by atoms with van der Waals surface area (Å²) < 4.78 is 45.7. The van der Waals surface area contributed by atoms with Gasteiger partial charge in [0.15, 0.2) is 5.82 Å². The zero-order valence-electron chi connectivity index (χ0n) is 18.7. The molecule has 0 radical (unpaired) electrons. The number of ether oxygens (including phenoxy) is 1. The second-order valence-corrected chi connectivity index (χ2v) is 9.86. The van der Waals surface area contributed by atoms with E-state index in [-0.39, 0.29) is 23.3 Å². The van der Waals surface area contributed by atoms with Crippen LogP contribution in [0.4, 0.5) is 24.7 Å². The lowest BCUT2D eigenvalue weighted by Crippen LogP contribution is -2.68. The van der Waals surface area contributed by atoms with Crippen molar-refractivity contribution in [2.45, 2.75) is 37.5 Å². The average molecular weight is 479 g/mol. The van der Waals surface area contributed by atoms with Crippen molar-refractivity contribution >= 4 is 17.4 Å². The minimum atomic E-state index is -4.42. The number of hydrogen-bond acceptors (Lipinski definition) is 6. The molecule has 3 aliphatic rings. The molecule has 2 aromatic rings. The Bertz CT molecular complexity index is 1040. The number of anilines is 2. The number of nitrogens with two attached hydrogens (primary N) is 2. The molecule has 0 bridgehead atoms. The molecule has 3 fully saturated rings. The van der Waals surface area contributed by atoms with Crippen molar-refractivity contribution in [1.29, 1.82) is 0 Å². The highest BCUT2D eigenvalue weighted by atomic mass is 19.4. The predicted octanol–water partition coefficient (Wildman–Crippen LogP) is 2.75. The van der Waals surface area contributed by atoms with Gasteiger partial charge in [-0.3, -0.25) is 14.4 Å².